The number of hydrogen-bond donors (Lipinski definition) is 3. The highest BCUT2D eigenvalue weighted by Gasteiger charge is 2.36. The van der Waals surface area contributed by atoms with Crippen molar-refractivity contribution >= 4 is 0 Å². The van der Waals surface area contributed by atoms with Crippen LogP contribution in [0.2, 0.25) is 0 Å². The molecule has 0 aliphatic heterocycles. The highest BCUT2D eigenvalue weighted by molar-refractivity contribution is 4.88. The SMILES string of the molecule is COC(C(O)C(O)C(C)N)C(C)(C)C. The van der Waals surface area contributed by atoms with Gasteiger partial charge in [-0.1, -0.05) is 20.8 Å². The molecule has 4 heteroatoms. The number of aliphatic hydroxyl groups is 2. The second-order valence-electron chi connectivity index (χ2n) is 4.86. The van der Waals surface area contributed by atoms with Gasteiger partial charge in [0.25, 0.3) is 0 Å². The molecule has 0 spiro atoms. The Morgan fingerprint density at radius 2 is 1.57 bits per heavy atom. The molecule has 0 aromatic carbocycles. The third-order valence-electron chi connectivity index (χ3n) is 2.31. The molecular formula is C10H23NO3. The lowest BCUT2D eigenvalue weighted by atomic mass is 9.83. The molecule has 0 rings (SSSR count). The summed E-state index contributed by atoms with van der Waals surface area (Å²) in [6.07, 6.45) is -2.34. The number of aliphatic hydroxyl groups excluding tert-OH is 2. The molecule has 4 unspecified atom stereocenters. The van der Waals surface area contributed by atoms with E-state index in [0.717, 1.165) is 0 Å². The van der Waals surface area contributed by atoms with E-state index in [1.54, 1.807) is 6.92 Å². The van der Waals surface area contributed by atoms with Crippen LogP contribution in [0, 0.1) is 5.41 Å². The maximum Gasteiger partial charge on any atom is 0.108 e. The van der Waals surface area contributed by atoms with Crippen LogP contribution < -0.4 is 5.73 Å². The third kappa shape index (κ3) is 3.53. The topological polar surface area (TPSA) is 75.7 Å². The summed E-state index contributed by atoms with van der Waals surface area (Å²) in [4.78, 5) is 0. The Bertz CT molecular complexity index is 165. The molecule has 4 nitrogen and oxygen atoms in total. The summed E-state index contributed by atoms with van der Waals surface area (Å²) in [5.41, 5.74) is 5.27. The van der Waals surface area contributed by atoms with Crippen molar-refractivity contribution < 1.29 is 14.9 Å². The van der Waals surface area contributed by atoms with Gasteiger partial charge >= 0.3 is 0 Å². The van der Waals surface area contributed by atoms with Gasteiger partial charge in [0.15, 0.2) is 0 Å². The first kappa shape index (κ1) is 13.8. The van der Waals surface area contributed by atoms with Gasteiger partial charge in [-0.05, 0) is 12.3 Å². The zero-order chi connectivity index (χ0) is 11.5. The van der Waals surface area contributed by atoms with Crippen molar-refractivity contribution in [3.05, 3.63) is 0 Å². The van der Waals surface area contributed by atoms with E-state index in [2.05, 4.69) is 0 Å². The number of nitrogens with two attached hydrogens (primary N) is 1. The van der Waals surface area contributed by atoms with Gasteiger partial charge in [0.05, 0.1) is 12.2 Å². The molecule has 0 aliphatic rings. The molecule has 4 atom stereocenters. The predicted octanol–water partition coefficient (Wildman–Crippen LogP) is 0.116. The molecule has 0 saturated carbocycles. The largest absolute Gasteiger partial charge is 0.389 e. The van der Waals surface area contributed by atoms with Crippen molar-refractivity contribution in [2.45, 2.75) is 52.0 Å². The zero-order valence-corrected chi connectivity index (χ0v) is 9.69. The first-order valence-corrected chi connectivity index (χ1v) is 4.86. The Balaban J connectivity index is 4.54. The monoisotopic (exact) mass is 205 g/mol. The van der Waals surface area contributed by atoms with E-state index in [1.807, 2.05) is 20.8 Å². The Kier molecular flexibility index (Phi) is 5.01. The number of hydrogen-bond acceptors (Lipinski definition) is 4. The molecular weight excluding hydrogens is 182 g/mol. The summed E-state index contributed by atoms with van der Waals surface area (Å²) in [5, 5.41) is 19.4. The van der Waals surface area contributed by atoms with Gasteiger partial charge in [-0.3, -0.25) is 0 Å². The lowest BCUT2D eigenvalue weighted by Gasteiger charge is -2.36. The summed E-state index contributed by atoms with van der Waals surface area (Å²) < 4.78 is 5.18. The Morgan fingerprint density at radius 1 is 1.14 bits per heavy atom. The van der Waals surface area contributed by atoms with Crippen molar-refractivity contribution in [2.75, 3.05) is 7.11 Å². The Hall–Kier alpha value is -0.160. The second-order valence-corrected chi connectivity index (χ2v) is 4.86. The maximum absolute atomic E-state index is 9.83. The highest BCUT2D eigenvalue weighted by Crippen LogP contribution is 2.26. The van der Waals surface area contributed by atoms with Gasteiger partial charge in [0.2, 0.25) is 0 Å². The van der Waals surface area contributed by atoms with Crippen molar-refractivity contribution in [1.29, 1.82) is 0 Å². The maximum atomic E-state index is 9.83. The molecule has 14 heavy (non-hydrogen) atoms. The minimum absolute atomic E-state index is 0.232. The van der Waals surface area contributed by atoms with E-state index in [4.69, 9.17) is 10.5 Å². The van der Waals surface area contributed by atoms with Crippen LogP contribution in [0.3, 0.4) is 0 Å². The molecule has 0 heterocycles. The van der Waals surface area contributed by atoms with Crippen LogP contribution in [0.25, 0.3) is 0 Å². The number of ether oxygens (including phenoxy) is 1. The minimum atomic E-state index is -0.959. The summed E-state index contributed by atoms with van der Waals surface area (Å²) >= 11 is 0. The van der Waals surface area contributed by atoms with Gasteiger partial charge < -0.3 is 20.7 Å². The molecule has 0 amide bonds. The average Bonchev–Trinajstić information content (AvgIpc) is 2.01. The Labute approximate surface area is 86.1 Å². The van der Waals surface area contributed by atoms with Crippen LogP contribution >= 0.6 is 0 Å². The molecule has 0 fully saturated rings. The quantitative estimate of drug-likeness (QED) is 0.609. The first-order valence-electron chi connectivity index (χ1n) is 4.86. The molecule has 0 aliphatic carbocycles. The number of methoxy groups -OCH3 is 1. The van der Waals surface area contributed by atoms with Crippen molar-refractivity contribution in [2.24, 2.45) is 11.1 Å². The van der Waals surface area contributed by atoms with Crippen molar-refractivity contribution in [3.63, 3.8) is 0 Å². The van der Waals surface area contributed by atoms with Crippen LogP contribution in [0.1, 0.15) is 27.7 Å². The molecule has 0 radical (unpaired) electrons. The second kappa shape index (κ2) is 5.07. The molecule has 4 N–H and O–H groups in total. The van der Waals surface area contributed by atoms with E-state index in [1.165, 1.54) is 7.11 Å². The molecule has 0 saturated heterocycles. The van der Waals surface area contributed by atoms with Crippen LogP contribution in [0.15, 0.2) is 0 Å². The summed E-state index contributed by atoms with van der Waals surface area (Å²) in [6, 6.07) is -0.468. The summed E-state index contributed by atoms with van der Waals surface area (Å²) in [6.45, 7) is 7.48. The third-order valence-corrected chi connectivity index (χ3v) is 2.31. The smallest absolute Gasteiger partial charge is 0.108 e. The Morgan fingerprint density at radius 3 is 1.79 bits per heavy atom. The van der Waals surface area contributed by atoms with E-state index < -0.39 is 24.4 Å². The van der Waals surface area contributed by atoms with Crippen LogP contribution in [0.4, 0.5) is 0 Å². The fourth-order valence-corrected chi connectivity index (χ4v) is 1.50. The molecule has 0 aromatic heterocycles. The van der Waals surface area contributed by atoms with Gasteiger partial charge in [-0.15, -0.1) is 0 Å². The van der Waals surface area contributed by atoms with Gasteiger partial charge in [0.1, 0.15) is 6.10 Å². The van der Waals surface area contributed by atoms with Gasteiger partial charge in [0, 0.05) is 13.2 Å². The number of rotatable bonds is 4. The zero-order valence-electron chi connectivity index (χ0n) is 9.69. The summed E-state index contributed by atoms with van der Waals surface area (Å²) in [5.74, 6) is 0. The standard InChI is InChI=1S/C10H23NO3/c1-6(11)7(12)8(13)9(14-5)10(2,3)4/h6-9,12-13H,11H2,1-5H3. The molecule has 86 valence electrons. The fraction of sp³-hybridized carbons (Fsp3) is 1.00. The normalized spacial score (nSPS) is 21.4. The van der Waals surface area contributed by atoms with Crippen LogP contribution in [0.5, 0.6) is 0 Å². The molecule has 0 aromatic rings. The predicted molar refractivity (Wildman–Crippen MR) is 55.9 cm³/mol. The van der Waals surface area contributed by atoms with Crippen molar-refractivity contribution in [1.82, 2.24) is 0 Å². The minimum Gasteiger partial charge on any atom is -0.389 e. The van der Waals surface area contributed by atoms with E-state index in [0.29, 0.717) is 0 Å². The fourth-order valence-electron chi connectivity index (χ4n) is 1.50. The average molecular weight is 205 g/mol. The van der Waals surface area contributed by atoms with E-state index in [-0.39, 0.29) is 5.41 Å². The first-order chi connectivity index (χ1) is 6.21. The van der Waals surface area contributed by atoms with Crippen LogP contribution in [-0.4, -0.2) is 41.7 Å². The van der Waals surface area contributed by atoms with Gasteiger partial charge in [-0.25, -0.2) is 0 Å². The van der Waals surface area contributed by atoms with Crippen molar-refractivity contribution in [3.8, 4) is 0 Å². The highest BCUT2D eigenvalue weighted by atomic mass is 16.5. The summed E-state index contributed by atoms with van der Waals surface area (Å²) in [7, 11) is 1.52. The molecule has 0 bridgehead atoms. The lowest BCUT2D eigenvalue weighted by Crippen LogP contribution is -2.51. The van der Waals surface area contributed by atoms with Gasteiger partial charge in [-0.2, -0.15) is 0 Å². The van der Waals surface area contributed by atoms with E-state index in [9.17, 15) is 10.2 Å². The van der Waals surface area contributed by atoms with Crippen LogP contribution in [-0.2, 0) is 4.74 Å². The van der Waals surface area contributed by atoms with E-state index >= 15 is 0 Å². The lowest BCUT2D eigenvalue weighted by molar-refractivity contribution is -0.119.